The second-order valence-corrected chi connectivity index (χ2v) is 4.28. The monoisotopic (exact) mass is 224 g/mol. The highest BCUT2D eigenvalue weighted by atomic mass is 16.5. The second-order valence-electron chi connectivity index (χ2n) is 4.28. The molecule has 0 fully saturated rings. The maximum Gasteiger partial charge on any atom is 0.254 e. The Morgan fingerprint density at radius 1 is 1.38 bits per heavy atom. The molecule has 0 radical (unpaired) electrons. The van der Waals surface area contributed by atoms with Gasteiger partial charge in [-0.3, -0.25) is 4.79 Å². The Balaban J connectivity index is 3.26. The molecular formula is C12H20N2O2. The van der Waals surface area contributed by atoms with Crippen LogP contribution in [0.1, 0.15) is 44.8 Å². The number of nitrogens with one attached hydrogen (secondary N) is 1. The number of ether oxygens (including phenoxy) is 1. The average molecular weight is 224 g/mol. The molecule has 4 heteroatoms. The number of nitrogens with zero attached hydrogens (tertiary/aromatic N) is 1. The Kier molecular flexibility index (Phi) is 3.86. The Morgan fingerprint density at radius 2 is 2.00 bits per heavy atom. The van der Waals surface area contributed by atoms with Gasteiger partial charge in [0.05, 0.1) is 5.69 Å². The molecule has 0 atom stereocenters. The van der Waals surface area contributed by atoms with Gasteiger partial charge in [0, 0.05) is 12.2 Å². The molecule has 0 spiro atoms. The third kappa shape index (κ3) is 2.50. The third-order valence-corrected chi connectivity index (χ3v) is 2.66. The number of aromatic nitrogens is 2. The number of hydrogen-bond acceptors (Lipinski definition) is 3. The largest absolute Gasteiger partial charge is 0.368 e. The lowest BCUT2D eigenvalue weighted by atomic mass is 10.1. The quantitative estimate of drug-likeness (QED) is 0.850. The van der Waals surface area contributed by atoms with Gasteiger partial charge < -0.3 is 9.72 Å². The summed E-state index contributed by atoms with van der Waals surface area (Å²) in [4.78, 5) is 19.0. The normalized spacial score (nSPS) is 11.8. The fraction of sp³-hybridized carbons (Fsp3) is 0.667. The van der Waals surface area contributed by atoms with Crippen LogP contribution in [0.2, 0.25) is 0 Å². The van der Waals surface area contributed by atoms with Crippen molar-refractivity contribution in [1.29, 1.82) is 0 Å². The van der Waals surface area contributed by atoms with Gasteiger partial charge in [-0.05, 0) is 34.1 Å². The summed E-state index contributed by atoms with van der Waals surface area (Å²) < 4.78 is 5.58. The summed E-state index contributed by atoms with van der Waals surface area (Å²) in [5, 5.41) is 0. The highest BCUT2D eigenvalue weighted by Gasteiger charge is 2.24. The van der Waals surface area contributed by atoms with Crippen LogP contribution >= 0.6 is 0 Å². The number of aromatic amines is 1. The molecule has 1 N–H and O–H groups in total. The predicted octanol–water partition coefficient (Wildman–Crippen LogP) is 1.91. The molecule has 0 unspecified atom stereocenters. The Bertz CT molecular complexity index is 422. The standard InChI is InChI=1S/C12H20N2O2/c1-6-9-8(3)10(15)14-11(13-9)12(4,5)16-7-2/h6-7H2,1-5H3,(H,13,14,15). The van der Waals surface area contributed by atoms with E-state index in [1.807, 2.05) is 27.7 Å². The van der Waals surface area contributed by atoms with E-state index in [0.29, 0.717) is 18.0 Å². The van der Waals surface area contributed by atoms with E-state index in [1.54, 1.807) is 6.92 Å². The van der Waals surface area contributed by atoms with E-state index in [9.17, 15) is 4.79 Å². The number of hydrogen-bond donors (Lipinski definition) is 1. The lowest BCUT2D eigenvalue weighted by molar-refractivity contribution is -0.0211. The Labute approximate surface area is 96.1 Å². The van der Waals surface area contributed by atoms with Crippen LogP contribution in [0.4, 0.5) is 0 Å². The van der Waals surface area contributed by atoms with Crippen LogP contribution in [-0.4, -0.2) is 16.6 Å². The molecule has 0 amide bonds. The van der Waals surface area contributed by atoms with Crippen LogP contribution in [0.5, 0.6) is 0 Å². The molecule has 0 aromatic carbocycles. The molecule has 0 saturated heterocycles. The average Bonchev–Trinajstić information content (AvgIpc) is 2.21. The SMILES string of the molecule is CCOC(C)(C)c1nc(CC)c(C)c(=O)[nH]1. The van der Waals surface area contributed by atoms with Crippen LogP contribution in [0.25, 0.3) is 0 Å². The highest BCUT2D eigenvalue weighted by Crippen LogP contribution is 2.20. The van der Waals surface area contributed by atoms with Crippen molar-refractivity contribution in [3.05, 3.63) is 27.4 Å². The van der Waals surface area contributed by atoms with E-state index in [2.05, 4.69) is 9.97 Å². The maximum absolute atomic E-state index is 11.7. The smallest absolute Gasteiger partial charge is 0.254 e. The van der Waals surface area contributed by atoms with Crippen LogP contribution in [0.15, 0.2) is 4.79 Å². The fourth-order valence-electron chi connectivity index (χ4n) is 1.64. The van der Waals surface area contributed by atoms with Gasteiger partial charge in [0.25, 0.3) is 5.56 Å². The van der Waals surface area contributed by atoms with Crippen molar-refractivity contribution in [1.82, 2.24) is 9.97 Å². The van der Waals surface area contributed by atoms with Crippen molar-refractivity contribution in [3.8, 4) is 0 Å². The van der Waals surface area contributed by atoms with Gasteiger partial charge in [0.15, 0.2) is 0 Å². The second kappa shape index (κ2) is 4.78. The first-order valence-corrected chi connectivity index (χ1v) is 5.66. The van der Waals surface area contributed by atoms with E-state index >= 15 is 0 Å². The molecule has 0 aliphatic carbocycles. The van der Waals surface area contributed by atoms with Crippen molar-refractivity contribution in [3.63, 3.8) is 0 Å². The van der Waals surface area contributed by atoms with Crippen LogP contribution in [0, 0.1) is 6.92 Å². The van der Waals surface area contributed by atoms with E-state index < -0.39 is 5.60 Å². The predicted molar refractivity (Wildman–Crippen MR) is 63.6 cm³/mol. The first-order valence-electron chi connectivity index (χ1n) is 5.66. The van der Waals surface area contributed by atoms with Crippen molar-refractivity contribution < 1.29 is 4.74 Å². The van der Waals surface area contributed by atoms with Crippen molar-refractivity contribution in [2.24, 2.45) is 0 Å². The van der Waals surface area contributed by atoms with Gasteiger partial charge in [-0.15, -0.1) is 0 Å². The molecule has 16 heavy (non-hydrogen) atoms. The van der Waals surface area contributed by atoms with Gasteiger partial charge in [0.2, 0.25) is 0 Å². The molecule has 1 rings (SSSR count). The summed E-state index contributed by atoms with van der Waals surface area (Å²) >= 11 is 0. The maximum atomic E-state index is 11.7. The number of aryl methyl sites for hydroxylation is 1. The van der Waals surface area contributed by atoms with Gasteiger partial charge >= 0.3 is 0 Å². The van der Waals surface area contributed by atoms with E-state index in [-0.39, 0.29) is 5.56 Å². The molecule has 1 aromatic heterocycles. The number of rotatable bonds is 4. The van der Waals surface area contributed by atoms with Gasteiger partial charge in [-0.1, -0.05) is 6.92 Å². The Hall–Kier alpha value is -1.16. The Morgan fingerprint density at radius 3 is 2.50 bits per heavy atom. The lowest BCUT2D eigenvalue weighted by Crippen LogP contribution is -2.29. The summed E-state index contributed by atoms with van der Waals surface area (Å²) in [7, 11) is 0. The molecule has 0 bridgehead atoms. The van der Waals surface area contributed by atoms with E-state index in [1.165, 1.54) is 0 Å². The lowest BCUT2D eigenvalue weighted by Gasteiger charge is -2.24. The minimum absolute atomic E-state index is 0.0744. The third-order valence-electron chi connectivity index (χ3n) is 2.66. The molecule has 0 saturated carbocycles. The number of H-pyrrole nitrogens is 1. The van der Waals surface area contributed by atoms with Gasteiger partial charge in [-0.2, -0.15) is 0 Å². The summed E-state index contributed by atoms with van der Waals surface area (Å²) in [6, 6.07) is 0. The van der Waals surface area contributed by atoms with Crippen LogP contribution < -0.4 is 5.56 Å². The highest BCUT2D eigenvalue weighted by molar-refractivity contribution is 5.17. The van der Waals surface area contributed by atoms with Crippen molar-refractivity contribution >= 4 is 0 Å². The molecule has 4 nitrogen and oxygen atoms in total. The van der Waals surface area contributed by atoms with Crippen LogP contribution in [-0.2, 0) is 16.8 Å². The molecule has 0 aliphatic heterocycles. The fourth-order valence-corrected chi connectivity index (χ4v) is 1.64. The summed E-state index contributed by atoms with van der Waals surface area (Å²) in [6.07, 6.45) is 0.755. The zero-order valence-electron chi connectivity index (χ0n) is 10.7. The van der Waals surface area contributed by atoms with E-state index in [0.717, 1.165) is 12.1 Å². The molecule has 1 heterocycles. The first-order chi connectivity index (χ1) is 7.42. The van der Waals surface area contributed by atoms with Crippen LogP contribution in [0.3, 0.4) is 0 Å². The molecule has 0 aliphatic rings. The summed E-state index contributed by atoms with van der Waals surface area (Å²) in [6.45, 7) is 10.1. The summed E-state index contributed by atoms with van der Waals surface area (Å²) in [5.74, 6) is 0.599. The zero-order chi connectivity index (χ0) is 12.3. The molecule has 1 aromatic rings. The molecule has 90 valence electrons. The zero-order valence-corrected chi connectivity index (χ0v) is 10.7. The van der Waals surface area contributed by atoms with Crippen molar-refractivity contribution in [2.75, 3.05) is 6.61 Å². The topological polar surface area (TPSA) is 55.0 Å². The van der Waals surface area contributed by atoms with E-state index in [4.69, 9.17) is 4.74 Å². The minimum Gasteiger partial charge on any atom is -0.368 e. The van der Waals surface area contributed by atoms with Gasteiger partial charge in [0.1, 0.15) is 11.4 Å². The van der Waals surface area contributed by atoms with Crippen molar-refractivity contribution in [2.45, 2.75) is 46.6 Å². The summed E-state index contributed by atoms with van der Waals surface area (Å²) in [5.41, 5.74) is 0.908. The minimum atomic E-state index is -0.550. The van der Waals surface area contributed by atoms with Gasteiger partial charge in [-0.25, -0.2) is 4.98 Å². The molecular weight excluding hydrogens is 204 g/mol. The first kappa shape index (κ1) is 12.9.